The number of nitriles is 1. The van der Waals surface area contributed by atoms with Crippen LogP contribution in [0.2, 0.25) is 0 Å². The van der Waals surface area contributed by atoms with Gasteiger partial charge < -0.3 is 10.2 Å². The highest BCUT2D eigenvalue weighted by Crippen LogP contribution is 2.16. The molecule has 0 spiro atoms. The van der Waals surface area contributed by atoms with Crippen LogP contribution in [0.3, 0.4) is 0 Å². The predicted molar refractivity (Wildman–Crippen MR) is 56.1 cm³/mol. The molecule has 1 N–H and O–H groups in total. The molecule has 1 heterocycles. The van der Waals surface area contributed by atoms with E-state index in [9.17, 15) is 0 Å². The summed E-state index contributed by atoms with van der Waals surface area (Å²) in [6.45, 7) is 2.61. The highest BCUT2D eigenvalue weighted by atomic mass is 15.2. The first-order valence-electron chi connectivity index (χ1n) is 4.84. The number of para-hydroxylation sites is 1. The molecular weight excluding hydrogens is 174 g/mol. The van der Waals surface area contributed by atoms with Crippen LogP contribution in [0.1, 0.15) is 0 Å². The molecule has 1 aliphatic heterocycles. The minimum absolute atomic E-state index is 0.0360. The van der Waals surface area contributed by atoms with Gasteiger partial charge in [0.2, 0.25) is 0 Å². The smallest absolute Gasteiger partial charge is 0.129 e. The van der Waals surface area contributed by atoms with E-state index < -0.39 is 0 Å². The molecule has 1 atom stereocenters. The third-order valence-electron chi connectivity index (χ3n) is 2.48. The fourth-order valence-corrected chi connectivity index (χ4v) is 1.75. The number of piperazine rings is 1. The lowest BCUT2D eigenvalue weighted by atomic mass is 10.2. The molecule has 0 aromatic heterocycles. The number of hydrogen-bond acceptors (Lipinski definition) is 3. The van der Waals surface area contributed by atoms with E-state index in [4.69, 9.17) is 5.26 Å². The minimum atomic E-state index is -0.0360. The van der Waals surface area contributed by atoms with Crippen molar-refractivity contribution in [2.75, 3.05) is 24.5 Å². The van der Waals surface area contributed by atoms with Gasteiger partial charge in [0.05, 0.1) is 6.07 Å². The van der Waals surface area contributed by atoms with Crippen molar-refractivity contribution in [2.24, 2.45) is 0 Å². The zero-order valence-electron chi connectivity index (χ0n) is 7.98. The highest BCUT2D eigenvalue weighted by Gasteiger charge is 2.21. The molecule has 1 fully saturated rings. The van der Waals surface area contributed by atoms with Gasteiger partial charge in [0, 0.05) is 25.3 Å². The van der Waals surface area contributed by atoms with Crippen LogP contribution in [0, 0.1) is 11.3 Å². The molecule has 0 aliphatic carbocycles. The van der Waals surface area contributed by atoms with E-state index in [0.717, 1.165) is 25.3 Å². The van der Waals surface area contributed by atoms with Crippen LogP contribution in [0.4, 0.5) is 5.69 Å². The molecule has 1 aromatic rings. The normalized spacial score (nSPS) is 21.6. The van der Waals surface area contributed by atoms with Crippen molar-refractivity contribution < 1.29 is 0 Å². The minimum Gasteiger partial charge on any atom is -0.353 e. The Morgan fingerprint density at radius 3 is 2.86 bits per heavy atom. The third-order valence-corrected chi connectivity index (χ3v) is 2.48. The van der Waals surface area contributed by atoms with Crippen molar-refractivity contribution in [3.63, 3.8) is 0 Å². The molecule has 0 bridgehead atoms. The second-order valence-electron chi connectivity index (χ2n) is 3.38. The van der Waals surface area contributed by atoms with E-state index in [1.165, 1.54) is 0 Å². The fourth-order valence-electron chi connectivity index (χ4n) is 1.75. The largest absolute Gasteiger partial charge is 0.353 e. The Balaban J connectivity index is 2.20. The number of nitrogens with one attached hydrogen (secondary N) is 1. The summed E-state index contributed by atoms with van der Waals surface area (Å²) in [7, 11) is 0. The summed E-state index contributed by atoms with van der Waals surface area (Å²) >= 11 is 0. The summed E-state index contributed by atoms with van der Waals surface area (Å²) < 4.78 is 0. The number of benzene rings is 1. The molecule has 0 radical (unpaired) electrons. The number of rotatable bonds is 1. The zero-order chi connectivity index (χ0) is 9.80. The summed E-state index contributed by atoms with van der Waals surface area (Å²) in [5.74, 6) is 0. The first-order valence-corrected chi connectivity index (χ1v) is 4.84. The molecule has 2 rings (SSSR count). The molecule has 1 aliphatic rings. The van der Waals surface area contributed by atoms with E-state index in [0.29, 0.717) is 0 Å². The topological polar surface area (TPSA) is 39.1 Å². The Morgan fingerprint density at radius 1 is 1.36 bits per heavy atom. The van der Waals surface area contributed by atoms with Crippen molar-refractivity contribution >= 4 is 5.69 Å². The summed E-state index contributed by atoms with van der Waals surface area (Å²) in [6, 6.07) is 12.4. The van der Waals surface area contributed by atoms with Crippen LogP contribution in [0.5, 0.6) is 0 Å². The van der Waals surface area contributed by atoms with Gasteiger partial charge in [-0.15, -0.1) is 0 Å². The van der Waals surface area contributed by atoms with Crippen molar-refractivity contribution in [3.8, 4) is 6.07 Å². The second-order valence-corrected chi connectivity index (χ2v) is 3.38. The molecule has 14 heavy (non-hydrogen) atoms. The van der Waals surface area contributed by atoms with Gasteiger partial charge in [-0.05, 0) is 12.1 Å². The third kappa shape index (κ3) is 1.70. The molecule has 1 unspecified atom stereocenters. The maximum atomic E-state index is 8.99. The van der Waals surface area contributed by atoms with E-state index in [2.05, 4.69) is 28.4 Å². The van der Waals surface area contributed by atoms with Gasteiger partial charge in [-0.25, -0.2) is 0 Å². The van der Waals surface area contributed by atoms with E-state index in [1.54, 1.807) is 0 Å². The van der Waals surface area contributed by atoms with E-state index in [-0.39, 0.29) is 6.04 Å². The Labute approximate surface area is 84.0 Å². The van der Waals surface area contributed by atoms with Crippen LogP contribution in [0.15, 0.2) is 30.3 Å². The Bertz CT molecular complexity index is 328. The molecule has 3 nitrogen and oxygen atoms in total. The monoisotopic (exact) mass is 187 g/mol. The van der Waals surface area contributed by atoms with Crippen LogP contribution >= 0.6 is 0 Å². The Hall–Kier alpha value is -1.53. The van der Waals surface area contributed by atoms with Crippen molar-refractivity contribution in [1.82, 2.24) is 5.32 Å². The summed E-state index contributed by atoms with van der Waals surface area (Å²) in [5, 5.41) is 12.2. The quantitative estimate of drug-likeness (QED) is 0.712. The number of anilines is 1. The van der Waals surface area contributed by atoms with Gasteiger partial charge in [-0.1, -0.05) is 18.2 Å². The van der Waals surface area contributed by atoms with Gasteiger partial charge >= 0.3 is 0 Å². The summed E-state index contributed by atoms with van der Waals surface area (Å²) in [4.78, 5) is 2.15. The van der Waals surface area contributed by atoms with E-state index >= 15 is 0 Å². The number of nitrogens with zero attached hydrogens (tertiary/aromatic N) is 2. The molecule has 1 aromatic carbocycles. The number of hydrogen-bond donors (Lipinski definition) is 1. The SMILES string of the molecule is N#CC1CNCCN1c1ccccc1. The highest BCUT2D eigenvalue weighted by molar-refractivity contribution is 5.49. The van der Waals surface area contributed by atoms with Gasteiger partial charge in [0.15, 0.2) is 0 Å². The standard InChI is InChI=1S/C11H13N3/c12-8-11-9-13-6-7-14(11)10-4-2-1-3-5-10/h1-5,11,13H,6-7,9H2. The second kappa shape index (κ2) is 4.12. The molecule has 0 saturated carbocycles. The maximum absolute atomic E-state index is 8.99. The molecule has 3 heteroatoms. The molecule has 0 amide bonds. The lowest BCUT2D eigenvalue weighted by Gasteiger charge is -2.33. The average Bonchev–Trinajstić information content (AvgIpc) is 2.30. The van der Waals surface area contributed by atoms with Crippen molar-refractivity contribution in [3.05, 3.63) is 30.3 Å². The summed E-state index contributed by atoms with van der Waals surface area (Å²) in [5.41, 5.74) is 1.14. The van der Waals surface area contributed by atoms with Crippen molar-refractivity contribution in [1.29, 1.82) is 5.26 Å². The molecule has 72 valence electrons. The van der Waals surface area contributed by atoms with Crippen LogP contribution in [-0.4, -0.2) is 25.7 Å². The van der Waals surface area contributed by atoms with E-state index in [1.807, 2.05) is 18.2 Å². The lowest BCUT2D eigenvalue weighted by Crippen LogP contribution is -2.50. The van der Waals surface area contributed by atoms with Crippen LogP contribution in [0.25, 0.3) is 0 Å². The van der Waals surface area contributed by atoms with Gasteiger partial charge in [-0.2, -0.15) is 5.26 Å². The average molecular weight is 187 g/mol. The zero-order valence-corrected chi connectivity index (χ0v) is 7.98. The van der Waals surface area contributed by atoms with Gasteiger partial charge in [0.1, 0.15) is 6.04 Å². The Kier molecular flexibility index (Phi) is 2.66. The van der Waals surface area contributed by atoms with Crippen LogP contribution < -0.4 is 10.2 Å². The lowest BCUT2D eigenvalue weighted by molar-refractivity contribution is 0.535. The summed E-state index contributed by atoms with van der Waals surface area (Å²) in [6.07, 6.45) is 0. The molecular formula is C11H13N3. The first kappa shape index (κ1) is 9.04. The first-order chi connectivity index (χ1) is 6.92. The van der Waals surface area contributed by atoms with Crippen molar-refractivity contribution in [2.45, 2.75) is 6.04 Å². The van der Waals surface area contributed by atoms with Gasteiger partial charge in [-0.3, -0.25) is 0 Å². The van der Waals surface area contributed by atoms with Crippen LogP contribution in [-0.2, 0) is 0 Å². The fraction of sp³-hybridized carbons (Fsp3) is 0.364. The Morgan fingerprint density at radius 2 is 2.14 bits per heavy atom. The van der Waals surface area contributed by atoms with Gasteiger partial charge in [0.25, 0.3) is 0 Å². The predicted octanol–water partition coefficient (Wildman–Crippen LogP) is 0.988. The maximum Gasteiger partial charge on any atom is 0.129 e. The molecule has 1 saturated heterocycles.